The zero-order valence-electron chi connectivity index (χ0n) is 12.6. The summed E-state index contributed by atoms with van der Waals surface area (Å²) in [7, 11) is 0. The van der Waals surface area contributed by atoms with E-state index >= 15 is 0 Å². The first-order valence-corrected chi connectivity index (χ1v) is 7.93. The molecule has 0 aliphatic carbocycles. The number of nitrogens with one attached hydrogen (secondary N) is 1. The van der Waals surface area contributed by atoms with Crippen molar-refractivity contribution in [3.63, 3.8) is 0 Å². The van der Waals surface area contributed by atoms with Crippen LogP contribution in [0.25, 0.3) is 0 Å². The second kappa shape index (κ2) is 7.26. The number of aryl methyl sites for hydroxylation is 1. The number of carbonyl (C=O) groups is 3. The molecular weight excluding hydrogens is 300 g/mol. The highest BCUT2D eigenvalue weighted by Gasteiger charge is 2.35. The van der Waals surface area contributed by atoms with Crippen LogP contribution in [0.3, 0.4) is 0 Å². The standard InChI is InChI=1S/C16H18N2O3S/c1-3-4-5-13-15(20)18(16(21)22-13)10-14(19)17-12-8-6-11(2)7-9-12/h5-9H,3-4,10H2,1-2H3,(H,17,19)/b13-5-. The Kier molecular flexibility index (Phi) is 5.38. The Hall–Kier alpha value is -2.08. The van der Waals surface area contributed by atoms with Crippen molar-refractivity contribution in [1.29, 1.82) is 0 Å². The largest absolute Gasteiger partial charge is 0.325 e. The third-order valence-electron chi connectivity index (χ3n) is 3.13. The van der Waals surface area contributed by atoms with Crippen LogP contribution in [0.5, 0.6) is 0 Å². The molecule has 1 aromatic rings. The predicted octanol–water partition coefficient (Wildman–Crippen LogP) is 3.31. The van der Waals surface area contributed by atoms with Gasteiger partial charge < -0.3 is 5.32 Å². The normalized spacial score (nSPS) is 16.5. The lowest BCUT2D eigenvalue weighted by atomic mass is 10.2. The molecule has 3 amide bonds. The van der Waals surface area contributed by atoms with Crippen molar-refractivity contribution in [2.75, 3.05) is 11.9 Å². The van der Waals surface area contributed by atoms with Crippen LogP contribution in [-0.4, -0.2) is 28.5 Å². The molecule has 22 heavy (non-hydrogen) atoms. The second-order valence-electron chi connectivity index (χ2n) is 5.03. The van der Waals surface area contributed by atoms with E-state index in [9.17, 15) is 14.4 Å². The van der Waals surface area contributed by atoms with Gasteiger partial charge in [-0.15, -0.1) is 0 Å². The Labute approximate surface area is 133 Å². The molecule has 5 nitrogen and oxygen atoms in total. The van der Waals surface area contributed by atoms with Crippen molar-refractivity contribution in [3.8, 4) is 0 Å². The van der Waals surface area contributed by atoms with Gasteiger partial charge in [-0.1, -0.05) is 37.1 Å². The molecule has 0 atom stereocenters. The van der Waals surface area contributed by atoms with Crippen molar-refractivity contribution < 1.29 is 14.4 Å². The molecule has 0 unspecified atom stereocenters. The average molecular weight is 318 g/mol. The van der Waals surface area contributed by atoms with Crippen molar-refractivity contribution in [3.05, 3.63) is 40.8 Å². The summed E-state index contributed by atoms with van der Waals surface area (Å²) in [5, 5.41) is 2.28. The molecule has 0 spiro atoms. The van der Waals surface area contributed by atoms with E-state index in [0.717, 1.165) is 35.1 Å². The van der Waals surface area contributed by atoms with Crippen LogP contribution in [0, 0.1) is 6.92 Å². The van der Waals surface area contributed by atoms with Crippen LogP contribution < -0.4 is 5.32 Å². The first-order chi connectivity index (χ1) is 10.5. The van der Waals surface area contributed by atoms with Crippen LogP contribution in [0.1, 0.15) is 25.3 Å². The lowest BCUT2D eigenvalue weighted by Crippen LogP contribution is -2.36. The molecule has 6 heteroatoms. The fourth-order valence-electron chi connectivity index (χ4n) is 1.93. The number of imide groups is 1. The van der Waals surface area contributed by atoms with Gasteiger partial charge in [-0.3, -0.25) is 19.3 Å². The summed E-state index contributed by atoms with van der Waals surface area (Å²) >= 11 is 0.891. The maximum Gasteiger partial charge on any atom is 0.294 e. The van der Waals surface area contributed by atoms with E-state index in [1.165, 1.54) is 0 Å². The molecule has 0 saturated carbocycles. The van der Waals surface area contributed by atoms with E-state index < -0.39 is 5.24 Å². The third kappa shape index (κ3) is 3.98. The fraction of sp³-hybridized carbons (Fsp3) is 0.312. The Balaban J connectivity index is 1.98. The number of rotatable bonds is 5. The van der Waals surface area contributed by atoms with Gasteiger partial charge in [0.25, 0.3) is 11.1 Å². The van der Waals surface area contributed by atoms with Crippen molar-refractivity contribution in [1.82, 2.24) is 4.90 Å². The molecule has 116 valence electrons. The Morgan fingerprint density at radius 3 is 2.59 bits per heavy atom. The van der Waals surface area contributed by atoms with Crippen molar-refractivity contribution >= 4 is 34.5 Å². The SMILES string of the molecule is CCC/C=C1\SC(=O)N(CC(=O)Nc2ccc(C)cc2)C1=O. The molecule has 1 aromatic carbocycles. The highest BCUT2D eigenvalue weighted by molar-refractivity contribution is 8.18. The number of amides is 3. The zero-order chi connectivity index (χ0) is 16.1. The number of benzene rings is 1. The number of carbonyl (C=O) groups excluding carboxylic acids is 3. The summed E-state index contributed by atoms with van der Waals surface area (Å²) in [5.41, 5.74) is 1.73. The molecule has 1 heterocycles. The molecule has 0 aromatic heterocycles. The van der Waals surface area contributed by atoms with Gasteiger partial charge in [0.05, 0.1) is 4.91 Å². The quantitative estimate of drug-likeness (QED) is 0.846. The number of allylic oxidation sites excluding steroid dienone is 1. The van der Waals surface area contributed by atoms with Crippen LogP contribution in [0.4, 0.5) is 10.5 Å². The first kappa shape index (κ1) is 16.3. The summed E-state index contributed by atoms with van der Waals surface area (Å²) in [6, 6.07) is 7.32. The summed E-state index contributed by atoms with van der Waals surface area (Å²) in [4.78, 5) is 37.3. The van der Waals surface area contributed by atoms with Crippen molar-refractivity contribution in [2.24, 2.45) is 0 Å². The topological polar surface area (TPSA) is 66.5 Å². The number of anilines is 1. The average Bonchev–Trinajstić information content (AvgIpc) is 2.75. The number of hydrogen-bond donors (Lipinski definition) is 1. The summed E-state index contributed by atoms with van der Waals surface area (Å²) in [5.74, 6) is -0.773. The maximum atomic E-state index is 12.1. The molecule has 1 fully saturated rings. The van der Waals surface area contributed by atoms with Crippen molar-refractivity contribution in [2.45, 2.75) is 26.7 Å². The summed E-state index contributed by atoms with van der Waals surface area (Å²) in [6.07, 6.45) is 3.40. The zero-order valence-corrected chi connectivity index (χ0v) is 13.4. The van der Waals surface area contributed by atoms with Crippen LogP contribution in [0.15, 0.2) is 35.2 Å². The number of unbranched alkanes of at least 4 members (excludes halogenated alkanes) is 1. The molecule has 1 aliphatic rings. The smallest absolute Gasteiger partial charge is 0.294 e. The second-order valence-corrected chi connectivity index (χ2v) is 6.02. The van der Waals surface area contributed by atoms with E-state index in [4.69, 9.17) is 0 Å². The minimum atomic E-state index is -0.397. The Morgan fingerprint density at radius 2 is 1.95 bits per heavy atom. The van der Waals surface area contributed by atoms with Crippen LogP contribution in [-0.2, 0) is 9.59 Å². The lowest BCUT2D eigenvalue weighted by Gasteiger charge is -2.12. The third-order valence-corrected chi connectivity index (χ3v) is 4.09. The minimum absolute atomic E-state index is 0.262. The highest BCUT2D eigenvalue weighted by Crippen LogP contribution is 2.30. The van der Waals surface area contributed by atoms with E-state index in [2.05, 4.69) is 5.32 Å². The van der Waals surface area contributed by atoms with Crippen LogP contribution in [0.2, 0.25) is 0 Å². The maximum absolute atomic E-state index is 12.1. The van der Waals surface area contributed by atoms with Crippen LogP contribution >= 0.6 is 11.8 Å². The molecule has 0 bridgehead atoms. The Morgan fingerprint density at radius 1 is 1.27 bits per heavy atom. The van der Waals surface area contributed by atoms with Gasteiger partial charge in [0.15, 0.2) is 0 Å². The van der Waals surface area contributed by atoms with E-state index in [1.54, 1.807) is 18.2 Å². The monoisotopic (exact) mass is 318 g/mol. The fourth-order valence-corrected chi connectivity index (χ4v) is 2.77. The van der Waals surface area contributed by atoms with Gasteiger partial charge in [-0.2, -0.15) is 0 Å². The minimum Gasteiger partial charge on any atom is -0.325 e. The predicted molar refractivity (Wildman–Crippen MR) is 87.5 cm³/mol. The first-order valence-electron chi connectivity index (χ1n) is 7.11. The van der Waals surface area contributed by atoms with Gasteiger partial charge in [0.2, 0.25) is 5.91 Å². The molecule has 0 radical (unpaired) electrons. The lowest BCUT2D eigenvalue weighted by molar-refractivity contribution is -0.127. The van der Waals surface area contributed by atoms with E-state index in [-0.39, 0.29) is 18.4 Å². The van der Waals surface area contributed by atoms with Gasteiger partial charge in [0, 0.05) is 5.69 Å². The van der Waals surface area contributed by atoms with Gasteiger partial charge >= 0.3 is 0 Å². The molecular formula is C16H18N2O3S. The van der Waals surface area contributed by atoms with E-state index in [0.29, 0.717) is 10.6 Å². The number of hydrogen-bond acceptors (Lipinski definition) is 4. The summed E-state index contributed by atoms with van der Waals surface area (Å²) in [6.45, 7) is 3.69. The van der Waals surface area contributed by atoms with Gasteiger partial charge in [-0.25, -0.2) is 0 Å². The molecule has 1 N–H and O–H groups in total. The molecule has 1 saturated heterocycles. The number of nitrogens with zero attached hydrogens (tertiary/aromatic N) is 1. The number of thioether (sulfide) groups is 1. The Bertz CT molecular complexity index is 623. The summed E-state index contributed by atoms with van der Waals surface area (Å²) < 4.78 is 0. The highest BCUT2D eigenvalue weighted by atomic mass is 32.2. The van der Waals surface area contributed by atoms with E-state index in [1.807, 2.05) is 26.0 Å². The van der Waals surface area contributed by atoms with Gasteiger partial charge in [-0.05, 0) is 37.2 Å². The van der Waals surface area contributed by atoms with Gasteiger partial charge in [0.1, 0.15) is 6.54 Å². The molecule has 2 rings (SSSR count). The molecule has 1 aliphatic heterocycles.